The number of allylic oxidation sites excluding steroid dienone is 1. The van der Waals surface area contributed by atoms with Gasteiger partial charge >= 0.3 is 0 Å². The summed E-state index contributed by atoms with van der Waals surface area (Å²) in [5, 5.41) is 2.71. The molecule has 0 bridgehead atoms. The van der Waals surface area contributed by atoms with E-state index in [-0.39, 0.29) is 11.7 Å². The number of hydrogen-bond donors (Lipinski definition) is 1. The molecule has 1 aliphatic rings. The summed E-state index contributed by atoms with van der Waals surface area (Å²) in [6.45, 7) is 1.82. The topological polar surface area (TPSA) is 59.1 Å². The van der Waals surface area contributed by atoms with Gasteiger partial charge in [0.15, 0.2) is 5.78 Å². The SMILES string of the molecule is Cc1cccc(C(=O)N[C@H]2CC=CCC2=O)n1. The van der Waals surface area contributed by atoms with Crippen LogP contribution in [0.5, 0.6) is 0 Å². The zero-order valence-electron chi connectivity index (χ0n) is 9.64. The molecular weight excluding hydrogens is 216 g/mol. The molecule has 1 amide bonds. The summed E-state index contributed by atoms with van der Waals surface area (Å²) < 4.78 is 0. The summed E-state index contributed by atoms with van der Waals surface area (Å²) >= 11 is 0. The smallest absolute Gasteiger partial charge is 0.270 e. The van der Waals surface area contributed by atoms with Crippen molar-refractivity contribution in [1.82, 2.24) is 10.3 Å². The lowest BCUT2D eigenvalue weighted by atomic mass is 10.0. The van der Waals surface area contributed by atoms with Crippen molar-refractivity contribution in [3.63, 3.8) is 0 Å². The highest BCUT2D eigenvalue weighted by atomic mass is 16.2. The molecule has 1 atom stereocenters. The molecule has 17 heavy (non-hydrogen) atoms. The number of aryl methyl sites for hydroxylation is 1. The first-order valence-corrected chi connectivity index (χ1v) is 5.59. The van der Waals surface area contributed by atoms with E-state index in [9.17, 15) is 9.59 Å². The van der Waals surface area contributed by atoms with E-state index in [0.29, 0.717) is 18.5 Å². The number of rotatable bonds is 2. The number of nitrogens with zero attached hydrogens (tertiary/aromatic N) is 1. The zero-order chi connectivity index (χ0) is 12.3. The van der Waals surface area contributed by atoms with Gasteiger partial charge in [0.05, 0.1) is 6.04 Å². The van der Waals surface area contributed by atoms with Crippen molar-refractivity contribution in [1.29, 1.82) is 0 Å². The number of pyridine rings is 1. The first-order valence-electron chi connectivity index (χ1n) is 5.59. The maximum absolute atomic E-state index is 11.9. The quantitative estimate of drug-likeness (QED) is 0.781. The Labute approximate surface area is 99.7 Å². The van der Waals surface area contributed by atoms with Crippen molar-refractivity contribution in [2.75, 3.05) is 0 Å². The van der Waals surface area contributed by atoms with Gasteiger partial charge in [-0.15, -0.1) is 0 Å². The molecule has 1 aliphatic carbocycles. The third-order valence-electron chi connectivity index (χ3n) is 2.67. The van der Waals surface area contributed by atoms with Crippen LogP contribution in [-0.4, -0.2) is 22.7 Å². The third kappa shape index (κ3) is 2.78. The van der Waals surface area contributed by atoms with Gasteiger partial charge in [-0.3, -0.25) is 9.59 Å². The van der Waals surface area contributed by atoms with Gasteiger partial charge in [-0.25, -0.2) is 4.98 Å². The van der Waals surface area contributed by atoms with Crippen molar-refractivity contribution in [3.8, 4) is 0 Å². The molecule has 0 radical (unpaired) electrons. The fourth-order valence-electron chi connectivity index (χ4n) is 1.75. The van der Waals surface area contributed by atoms with Crippen molar-refractivity contribution >= 4 is 11.7 Å². The van der Waals surface area contributed by atoms with Crippen molar-refractivity contribution in [2.24, 2.45) is 0 Å². The average molecular weight is 230 g/mol. The van der Waals surface area contributed by atoms with Crippen molar-refractivity contribution in [3.05, 3.63) is 41.7 Å². The largest absolute Gasteiger partial charge is 0.341 e. The monoisotopic (exact) mass is 230 g/mol. The Morgan fingerprint density at radius 3 is 2.94 bits per heavy atom. The molecule has 1 heterocycles. The van der Waals surface area contributed by atoms with Crippen LogP contribution in [0.1, 0.15) is 29.0 Å². The minimum atomic E-state index is -0.408. The Morgan fingerprint density at radius 1 is 1.41 bits per heavy atom. The van der Waals surface area contributed by atoms with E-state index in [4.69, 9.17) is 0 Å². The summed E-state index contributed by atoms with van der Waals surface area (Å²) in [5.41, 5.74) is 1.14. The van der Waals surface area contributed by atoms with Crippen molar-refractivity contribution < 1.29 is 9.59 Å². The molecule has 88 valence electrons. The van der Waals surface area contributed by atoms with Crippen LogP contribution in [-0.2, 0) is 4.79 Å². The highest BCUT2D eigenvalue weighted by molar-refractivity contribution is 5.97. The Balaban J connectivity index is 2.06. The first-order chi connectivity index (χ1) is 8.16. The molecule has 0 saturated carbocycles. The Kier molecular flexibility index (Phi) is 3.32. The predicted molar refractivity (Wildman–Crippen MR) is 63.6 cm³/mol. The average Bonchev–Trinajstić information content (AvgIpc) is 2.32. The number of nitrogens with one attached hydrogen (secondary N) is 1. The normalized spacial score (nSPS) is 19.1. The Bertz CT molecular complexity index is 480. The molecule has 1 aromatic rings. The van der Waals surface area contributed by atoms with Gasteiger partial charge in [0, 0.05) is 12.1 Å². The second-order valence-electron chi connectivity index (χ2n) is 4.07. The molecule has 0 unspecified atom stereocenters. The van der Waals surface area contributed by atoms with Crippen LogP contribution in [0.4, 0.5) is 0 Å². The molecule has 4 heteroatoms. The van der Waals surface area contributed by atoms with E-state index in [0.717, 1.165) is 5.69 Å². The van der Waals surface area contributed by atoms with Crippen LogP contribution in [0.3, 0.4) is 0 Å². The van der Waals surface area contributed by atoms with Gasteiger partial charge in [-0.2, -0.15) is 0 Å². The number of aromatic nitrogens is 1. The lowest BCUT2D eigenvalue weighted by molar-refractivity contribution is -0.120. The molecule has 2 rings (SSSR count). The molecule has 0 aromatic carbocycles. The second kappa shape index (κ2) is 4.91. The van der Waals surface area contributed by atoms with Crippen LogP contribution in [0, 0.1) is 6.92 Å². The highest BCUT2D eigenvalue weighted by Crippen LogP contribution is 2.08. The Hall–Kier alpha value is -1.97. The molecule has 4 nitrogen and oxygen atoms in total. The summed E-state index contributed by atoms with van der Waals surface area (Å²) in [6.07, 6.45) is 4.70. The van der Waals surface area contributed by atoms with Crippen molar-refractivity contribution in [2.45, 2.75) is 25.8 Å². The van der Waals surface area contributed by atoms with E-state index >= 15 is 0 Å². The van der Waals surface area contributed by atoms with Crippen LogP contribution in [0.25, 0.3) is 0 Å². The fourth-order valence-corrected chi connectivity index (χ4v) is 1.75. The number of carbonyl (C=O) groups is 2. The zero-order valence-corrected chi connectivity index (χ0v) is 9.64. The Morgan fingerprint density at radius 2 is 2.24 bits per heavy atom. The summed E-state index contributed by atoms with van der Waals surface area (Å²) in [7, 11) is 0. The molecule has 0 aliphatic heterocycles. The van der Waals surface area contributed by atoms with E-state index in [1.807, 2.05) is 25.1 Å². The van der Waals surface area contributed by atoms with Crippen LogP contribution < -0.4 is 5.32 Å². The lowest BCUT2D eigenvalue weighted by Crippen LogP contribution is -2.41. The van der Waals surface area contributed by atoms with Gasteiger partial charge in [-0.1, -0.05) is 18.2 Å². The lowest BCUT2D eigenvalue weighted by Gasteiger charge is -2.17. The minimum absolute atomic E-state index is 0.0495. The summed E-state index contributed by atoms with van der Waals surface area (Å²) in [5.74, 6) is -0.240. The minimum Gasteiger partial charge on any atom is -0.341 e. The van der Waals surface area contributed by atoms with Gasteiger partial charge in [-0.05, 0) is 25.5 Å². The number of carbonyl (C=O) groups excluding carboxylic acids is 2. The number of Topliss-reactive ketones (excluding diaryl/α,β-unsaturated/α-hetero) is 1. The molecule has 1 N–H and O–H groups in total. The molecule has 0 spiro atoms. The van der Waals surface area contributed by atoms with Crippen LogP contribution in [0.2, 0.25) is 0 Å². The van der Waals surface area contributed by atoms with E-state index in [2.05, 4.69) is 10.3 Å². The number of hydrogen-bond acceptors (Lipinski definition) is 3. The standard InChI is InChI=1S/C13H14N2O2/c1-9-5-4-7-11(14-9)13(17)15-10-6-2-3-8-12(10)16/h2-5,7,10H,6,8H2,1H3,(H,15,17)/t10-/m0/s1. The predicted octanol–water partition coefficient (Wildman–Crippen LogP) is 1.41. The third-order valence-corrected chi connectivity index (χ3v) is 2.67. The highest BCUT2D eigenvalue weighted by Gasteiger charge is 2.21. The molecule has 0 saturated heterocycles. The van der Waals surface area contributed by atoms with Gasteiger partial charge in [0.1, 0.15) is 5.69 Å². The van der Waals surface area contributed by atoms with Crippen LogP contribution >= 0.6 is 0 Å². The van der Waals surface area contributed by atoms with E-state index in [1.165, 1.54) is 0 Å². The number of amides is 1. The van der Waals surface area contributed by atoms with Crippen LogP contribution in [0.15, 0.2) is 30.4 Å². The molecule has 0 fully saturated rings. The van der Waals surface area contributed by atoms with Gasteiger partial charge < -0.3 is 5.32 Å². The summed E-state index contributed by atoms with van der Waals surface area (Å²) in [4.78, 5) is 27.5. The molecule has 1 aromatic heterocycles. The number of ketones is 1. The van der Waals surface area contributed by atoms with Gasteiger partial charge in [0.25, 0.3) is 5.91 Å². The summed E-state index contributed by atoms with van der Waals surface area (Å²) in [6, 6.07) is 4.84. The maximum Gasteiger partial charge on any atom is 0.270 e. The molecular formula is C13H14N2O2. The second-order valence-corrected chi connectivity index (χ2v) is 4.07. The maximum atomic E-state index is 11.9. The van der Waals surface area contributed by atoms with Gasteiger partial charge in [0.2, 0.25) is 0 Å². The van der Waals surface area contributed by atoms with E-state index in [1.54, 1.807) is 12.1 Å². The fraction of sp³-hybridized carbons (Fsp3) is 0.308. The van der Waals surface area contributed by atoms with E-state index < -0.39 is 6.04 Å². The first kappa shape index (κ1) is 11.5.